The van der Waals surface area contributed by atoms with E-state index in [1.165, 1.54) is 18.4 Å². The van der Waals surface area contributed by atoms with Crippen LogP contribution in [0.5, 0.6) is 5.75 Å². The molecule has 1 aliphatic rings. The molecule has 0 saturated heterocycles. The van der Waals surface area contributed by atoms with Gasteiger partial charge in [-0.2, -0.15) is 0 Å². The number of aromatic hydroxyl groups is 1. The Labute approximate surface area is 122 Å². The Kier molecular flexibility index (Phi) is 5.06. The minimum atomic E-state index is 0.0484. The van der Waals surface area contributed by atoms with Gasteiger partial charge in [0.2, 0.25) is 0 Å². The van der Waals surface area contributed by atoms with Crippen molar-refractivity contribution in [1.29, 1.82) is 0 Å². The molecule has 0 spiro atoms. The second-order valence-corrected chi connectivity index (χ2v) is 6.53. The Morgan fingerprint density at radius 1 is 1.35 bits per heavy atom. The van der Waals surface area contributed by atoms with Crippen LogP contribution >= 0.6 is 0 Å². The molecule has 20 heavy (non-hydrogen) atoms. The topological polar surface area (TPSA) is 52.5 Å². The number of rotatable bonds is 6. The van der Waals surface area contributed by atoms with Crippen molar-refractivity contribution in [3.63, 3.8) is 0 Å². The van der Waals surface area contributed by atoms with Gasteiger partial charge in [0, 0.05) is 24.1 Å². The third-order valence-corrected chi connectivity index (χ3v) is 4.73. The zero-order valence-corrected chi connectivity index (χ0v) is 12.6. The van der Waals surface area contributed by atoms with Crippen LogP contribution in [0.2, 0.25) is 0 Å². The molecule has 0 amide bonds. The lowest BCUT2D eigenvalue weighted by Gasteiger charge is -2.32. The van der Waals surface area contributed by atoms with Crippen LogP contribution in [0.1, 0.15) is 45.1 Å². The second-order valence-electron chi connectivity index (χ2n) is 6.53. The normalized spacial score (nSPS) is 27.6. The van der Waals surface area contributed by atoms with Gasteiger partial charge < -0.3 is 15.5 Å². The van der Waals surface area contributed by atoms with Crippen LogP contribution in [0.4, 0.5) is 0 Å². The molecule has 0 aliphatic heterocycles. The summed E-state index contributed by atoms with van der Waals surface area (Å²) in [5, 5.41) is 22.5. The molecule has 3 atom stereocenters. The number of aliphatic hydroxyl groups is 1. The average Bonchev–Trinajstić information content (AvgIpc) is 2.80. The third kappa shape index (κ3) is 3.74. The molecule has 3 heteroatoms. The Hall–Kier alpha value is -1.06. The fourth-order valence-electron chi connectivity index (χ4n) is 3.18. The van der Waals surface area contributed by atoms with Gasteiger partial charge in [-0.3, -0.25) is 0 Å². The monoisotopic (exact) mass is 277 g/mol. The first kappa shape index (κ1) is 15.3. The maximum absolute atomic E-state index is 9.58. The molecule has 0 heterocycles. The van der Waals surface area contributed by atoms with E-state index in [-0.39, 0.29) is 12.0 Å². The molecule has 3 nitrogen and oxygen atoms in total. The second kappa shape index (κ2) is 6.59. The SMILES string of the molecule is C[C@H](CCc1ccc(O)cc1)N[C@@H]1CCC[C@@]1(C)CO. The molecule has 1 aromatic rings. The summed E-state index contributed by atoms with van der Waals surface area (Å²) < 4.78 is 0. The summed E-state index contributed by atoms with van der Waals surface area (Å²) >= 11 is 0. The van der Waals surface area contributed by atoms with Gasteiger partial charge in [-0.05, 0) is 50.3 Å². The summed E-state index contributed by atoms with van der Waals surface area (Å²) in [5.74, 6) is 0.324. The molecular weight excluding hydrogens is 250 g/mol. The number of phenolic OH excluding ortho intramolecular Hbond substituents is 1. The number of hydrogen-bond donors (Lipinski definition) is 3. The first-order valence-electron chi connectivity index (χ1n) is 7.68. The smallest absolute Gasteiger partial charge is 0.115 e. The summed E-state index contributed by atoms with van der Waals surface area (Å²) in [5.41, 5.74) is 1.31. The summed E-state index contributed by atoms with van der Waals surface area (Å²) in [7, 11) is 0. The Morgan fingerprint density at radius 3 is 2.70 bits per heavy atom. The molecule has 1 aliphatic carbocycles. The van der Waals surface area contributed by atoms with E-state index in [2.05, 4.69) is 19.2 Å². The van der Waals surface area contributed by atoms with Gasteiger partial charge in [0.25, 0.3) is 0 Å². The minimum absolute atomic E-state index is 0.0484. The van der Waals surface area contributed by atoms with Crippen LogP contribution in [-0.4, -0.2) is 28.9 Å². The largest absolute Gasteiger partial charge is 0.508 e. The maximum atomic E-state index is 9.58. The number of nitrogens with one attached hydrogen (secondary N) is 1. The van der Waals surface area contributed by atoms with E-state index < -0.39 is 0 Å². The lowest BCUT2D eigenvalue weighted by molar-refractivity contribution is 0.114. The van der Waals surface area contributed by atoms with Gasteiger partial charge in [0.05, 0.1) is 0 Å². The van der Waals surface area contributed by atoms with Crippen molar-refractivity contribution in [1.82, 2.24) is 5.32 Å². The zero-order chi connectivity index (χ0) is 14.6. The lowest BCUT2D eigenvalue weighted by atomic mass is 9.85. The Morgan fingerprint density at radius 2 is 2.05 bits per heavy atom. The van der Waals surface area contributed by atoms with Crippen molar-refractivity contribution in [3.05, 3.63) is 29.8 Å². The first-order chi connectivity index (χ1) is 9.53. The van der Waals surface area contributed by atoms with Crippen molar-refractivity contribution >= 4 is 0 Å². The van der Waals surface area contributed by atoms with Crippen molar-refractivity contribution < 1.29 is 10.2 Å². The predicted octanol–water partition coefficient (Wildman–Crippen LogP) is 2.85. The molecule has 112 valence electrons. The predicted molar refractivity (Wildman–Crippen MR) is 81.9 cm³/mol. The van der Waals surface area contributed by atoms with Crippen LogP contribution in [0.3, 0.4) is 0 Å². The van der Waals surface area contributed by atoms with E-state index >= 15 is 0 Å². The van der Waals surface area contributed by atoms with Crippen LogP contribution in [0.15, 0.2) is 24.3 Å². The molecule has 0 radical (unpaired) electrons. The molecule has 2 rings (SSSR count). The van der Waals surface area contributed by atoms with Gasteiger partial charge in [-0.1, -0.05) is 25.5 Å². The minimum Gasteiger partial charge on any atom is -0.508 e. The fraction of sp³-hybridized carbons (Fsp3) is 0.647. The molecule has 0 bridgehead atoms. The van der Waals surface area contributed by atoms with Crippen LogP contribution in [-0.2, 0) is 6.42 Å². The van der Waals surface area contributed by atoms with E-state index in [4.69, 9.17) is 0 Å². The van der Waals surface area contributed by atoms with E-state index in [1.54, 1.807) is 12.1 Å². The van der Waals surface area contributed by atoms with Crippen molar-refractivity contribution in [3.8, 4) is 5.75 Å². The summed E-state index contributed by atoms with van der Waals surface area (Å²) in [6.45, 7) is 4.68. The quantitative estimate of drug-likeness (QED) is 0.749. The van der Waals surface area contributed by atoms with Gasteiger partial charge >= 0.3 is 0 Å². The number of phenols is 1. The molecular formula is C17H27NO2. The standard InChI is InChI=1S/C17H27NO2/c1-13(5-6-14-7-9-15(20)10-8-14)18-16-4-3-11-17(16,2)12-19/h7-10,13,16,18-20H,3-6,11-12H2,1-2H3/t13-,16-,17+/m1/s1. The van der Waals surface area contributed by atoms with Gasteiger partial charge in [-0.15, -0.1) is 0 Å². The Bertz CT molecular complexity index is 418. The van der Waals surface area contributed by atoms with Gasteiger partial charge in [0.1, 0.15) is 5.75 Å². The van der Waals surface area contributed by atoms with Crippen molar-refractivity contribution in [2.75, 3.05) is 6.61 Å². The number of benzene rings is 1. The first-order valence-corrected chi connectivity index (χ1v) is 7.68. The lowest BCUT2D eigenvalue weighted by Crippen LogP contribution is -2.45. The molecule has 3 N–H and O–H groups in total. The highest BCUT2D eigenvalue weighted by atomic mass is 16.3. The Balaban J connectivity index is 1.80. The summed E-state index contributed by atoms with van der Waals surface area (Å²) in [4.78, 5) is 0. The van der Waals surface area contributed by atoms with E-state index in [0.29, 0.717) is 17.8 Å². The zero-order valence-electron chi connectivity index (χ0n) is 12.6. The highest BCUT2D eigenvalue weighted by Gasteiger charge is 2.38. The van der Waals surface area contributed by atoms with Crippen molar-refractivity contribution in [2.24, 2.45) is 5.41 Å². The van der Waals surface area contributed by atoms with Crippen LogP contribution < -0.4 is 5.32 Å². The third-order valence-electron chi connectivity index (χ3n) is 4.73. The molecule has 1 aromatic carbocycles. The van der Waals surface area contributed by atoms with E-state index in [9.17, 15) is 10.2 Å². The number of aliphatic hydroxyl groups excluding tert-OH is 1. The summed E-state index contributed by atoms with van der Waals surface area (Å²) in [6, 6.07) is 8.32. The van der Waals surface area contributed by atoms with Crippen LogP contribution in [0, 0.1) is 5.41 Å². The molecule has 1 fully saturated rings. The highest BCUT2D eigenvalue weighted by Crippen LogP contribution is 2.37. The van der Waals surface area contributed by atoms with Gasteiger partial charge in [-0.25, -0.2) is 0 Å². The molecule has 0 aromatic heterocycles. The summed E-state index contributed by atoms with van der Waals surface area (Å²) in [6.07, 6.45) is 5.58. The number of aryl methyl sites for hydroxylation is 1. The highest BCUT2D eigenvalue weighted by molar-refractivity contribution is 5.25. The molecule has 0 unspecified atom stereocenters. The van der Waals surface area contributed by atoms with E-state index in [1.807, 2.05) is 12.1 Å². The van der Waals surface area contributed by atoms with Gasteiger partial charge in [0.15, 0.2) is 0 Å². The molecule has 1 saturated carbocycles. The number of hydrogen-bond acceptors (Lipinski definition) is 3. The van der Waals surface area contributed by atoms with E-state index in [0.717, 1.165) is 19.3 Å². The average molecular weight is 277 g/mol. The fourth-order valence-corrected chi connectivity index (χ4v) is 3.18. The van der Waals surface area contributed by atoms with Crippen molar-refractivity contribution in [2.45, 2.75) is 58.0 Å². The maximum Gasteiger partial charge on any atom is 0.115 e. The van der Waals surface area contributed by atoms with Crippen LogP contribution in [0.25, 0.3) is 0 Å².